The van der Waals surface area contributed by atoms with Crippen molar-refractivity contribution in [3.05, 3.63) is 68.1 Å². The molecular formula is C16H10ClN5O3. The topological polar surface area (TPSA) is 114 Å². The quantitative estimate of drug-likeness (QED) is 0.526. The van der Waals surface area contributed by atoms with Crippen molar-refractivity contribution in [1.29, 1.82) is 0 Å². The molecule has 0 fully saturated rings. The van der Waals surface area contributed by atoms with E-state index in [1.165, 1.54) is 24.7 Å². The zero-order valence-electron chi connectivity index (χ0n) is 12.6. The summed E-state index contributed by atoms with van der Waals surface area (Å²) in [6, 6.07) is 4.63. The molecule has 0 unspecified atom stereocenters. The molecule has 2 N–H and O–H groups in total. The molecule has 1 aromatic carbocycles. The second-order valence-corrected chi connectivity index (χ2v) is 5.81. The van der Waals surface area contributed by atoms with E-state index in [0.29, 0.717) is 21.6 Å². The number of aromatic hydroxyl groups is 1. The molecule has 8 nitrogen and oxygen atoms in total. The van der Waals surface area contributed by atoms with Crippen molar-refractivity contribution in [2.45, 2.75) is 6.54 Å². The average Bonchev–Trinajstić information content (AvgIpc) is 2.60. The first-order valence-corrected chi connectivity index (χ1v) is 7.62. The lowest BCUT2D eigenvalue weighted by atomic mass is 10.1. The number of nitrogens with zero attached hydrogens (tertiary/aromatic N) is 4. The summed E-state index contributed by atoms with van der Waals surface area (Å²) in [5.74, 6) is -0.461. The predicted molar refractivity (Wildman–Crippen MR) is 91.9 cm³/mol. The SMILES string of the molecule is O=c1c2ccc(Cl)cc2[nH]c2c(O)nn(Cc3cnccn3)c(=O)c12. The summed E-state index contributed by atoms with van der Waals surface area (Å²) in [5, 5.41) is 14.6. The zero-order valence-corrected chi connectivity index (χ0v) is 13.4. The fourth-order valence-electron chi connectivity index (χ4n) is 2.65. The van der Waals surface area contributed by atoms with Gasteiger partial charge in [0.2, 0.25) is 5.43 Å². The van der Waals surface area contributed by atoms with Crippen LogP contribution in [0.2, 0.25) is 5.02 Å². The minimum Gasteiger partial charge on any atom is -0.491 e. The first-order valence-electron chi connectivity index (χ1n) is 7.25. The number of aromatic nitrogens is 5. The highest BCUT2D eigenvalue weighted by Crippen LogP contribution is 2.21. The molecule has 0 saturated heterocycles. The molecule has 0 spiro atoms. The van der Waals surface area contributed by atoms with Gasteiger partial charge in [0.25, 0.3) is 11.4 Å². The Kier molecular flexibility index (Phi) is 3.47. The van der Waals surface area contributed by atoms with Gasteiger partial charge in [-0.3, -0.25) is 19.6 Å². The van der Waals surface area contributed by atoms with Gasteiger partial charge in [0.05, 0.1) is 24.0 Å². The minimum atomic E-state index is -0.628. The average molecular weight is 356 g/mol. The number of hydrogen-bond acceptors (Lipinski definition) is 6. The molecule has 9 heteroatoms. The molecule has 0 bridgehead atoms. The number of pyridine rings is 1. The molecule has 4 aromatic rings. The summed E-state index contributed by atoms with van der Waals surface area (Å²) in [7, 11) is 0. The smallest absolute Gasteiger partial charge is 0.280 e. The summed E-state index contributed by atoms with van der Waals surface area (Å²) in [6.45, 7) is -0.0196. The van der Waals surface area contributed by atoms with E-state index >= 15 is 0 Å². The van der Waals surface area contributed by atoms with E-state index < -0.39 is 16.9 Å². The Morgan fingerprint density at radius 2 is 2.08 bits per heavy atom. The molecule has 25 heavy (non-hydrogen) atoms. The van der Waals surface area contributed by atoms with Crippen LogP contribution in [-0.2, 0) is 6.54 Å². The van der Waals surface area contributed by atoms with Crippen LogP contribution in [0.25, 0.3) is 21.8 Å². The van der Waals surface area contributed by atoms with Gasteiger partial charge in [-0.15, -0.1) is 5.10 Å². The van der Waals surface area contributed by atoms with Gasteiger partial charge in [-0.2, -0.15) is 0 Å². The number of aromatic amines is 1. The lowest BCUT2D eigenvalue weighted by Gasteiger charge is -2.08. The van der Waals surface area contributed by atoms with Crippen molar-refractivity contribution in [2.24, 2.45) is 0 Å². The minimum absolute atomic E-state index is 0.0196. The Morgan fingerprint density at radius 3 is 2.84 bits per heavy atom. The van der Waals surface area contributed by atoms with Crippen LogP contribution in [0.4, 0.5) is 0 Å². The van der Waals surface area contributed by atoms with E-state index in [-0.39, 0.29) is 17.4 Å². The predicted octanol–water partition coefficient (Wildman–Crippen LogP) is 1.44. The van der Waals surface area contributed by atoms with Gasteiger partial charge in [-0.1, -0.05) is 11.6 Å². The van der Waals surface area contributed by atoms with Crippen molar-refractivity contribution < 1.29 is 5.11 Å². The Labute approximate surface area is 144 Å². The molecule has 0 aliphatic carbocycles. The van der Waals surface area contributed by atoms with Gasteiger partial charge in [0.15, 0.2) is 0 Å². The Morgan fingerprint density at radius 1 is 1.24 bits per heavy atom. The van der Waals surface area contributed by atoms with Crippen molar-refractivity contribution in [2.75, 3.05) is 0 Å². The second-order valence-electron chi connectivity index (χ2n) is 5.38. The molecule has 4 rings (SSSR count). The summed E-state index contributed by atoms with van der Waals surface area (Å²) >= 11 is 5.93. The first-order chi connectivity index (χ1) is 12.0. The number of nitrogens with one attached hydrogen (secondary N) is 1. The fourth-order valence-corrected chi connectivity index (χ4v) is 2.82. The molecule has 124 valence electrons. The van der Waals surface area contributed by atoms with Crippen LogP contribution in [0.1, 0.15) is 5.69 Å². The van der Waals surface area contributed by atoms with Crippen molar-refractivity contribution in [1.82, 2.24) is 24.7 Å². The summed E-state index contributed by atoms with van der Waals surface area (Å²) < 4.78 is 0.985. The van der Waals surface area contributed by atoms with Gasteiger partial charge in [0, 0.05) is 22.8 Å². The van der Waals surface area contributed by atoms with Gasteiger partial charge >= 0.3 is 0 Å². The highest BCUT2D eigenvalue weighted by atomic mass is 35.5. The Bertz CT molecular complexity index is 1230. The van der Waals surface area contributed by atoms with Crippen molar-refractivity contribution in [3.8, 4) is 5.88 Å². The van der Waals surface area contributed by atoms with E-state index in [4.69, 9.17) is 11.6 Å². The van der Waals surface area contributed by atoms with Crippen LogP contribution in [0, 0.1) is 0 Å². The molecule has 3 heterocycles. The summed E-state index contributed by atoms with van der Waals surface area (Å²) in [6.07, 6.45) is 4.45. The Balaban J connectivity index is 2.03. The van der Waals surface area contributed by atoms with Crippen LogP contribution in [0.15, 0.2) is 46.4 Å². The van der Waals surface area contributed by atoms with Crippen LogP contribution in [-0.4, -0.2) is 29.8 Å². The normalized spacial score (nSPS) is 11.2. The van der Waals surface area contributed by atoms with E-state index in [1.807, 2.05) is 0 Å². The molecule has 0 saturated carbocycles. The molecular weight excluding hydrogens is 346 g/mol. The zero-order chi connectivity index (χ0) is 17.6. The third-order valence-corrected chi connectivity index (χ3v) is 4.01. The molecule has 0 atom stereocenters. The van der Waals surface area contributed by atoms with Crippen LogP contribution >= 0.6 is 11.6 Å². The van der Waals surface area contributed by atoms with E-state index in [0.717, 1.165) is 4.68 Å². The lowest BCUT2D eigenvalue weighted by Crippen LogP contribution is -2.28. The van der Waals surface area contributed by atoms with Crippen molar-refractivity contribution in [3.63, 3.8) is 0 Å². The number of fused-ring (bicyclic) bond motifs is 2. The maximum absolute atomic E-state index is 12.7. The third kappa shape index (κ3) is 2.52. The number of hydrogen-bond donors (Lipinski definition) is 2. The van der Waals surface area contributed by atoms with Crippen molar-refractivity contribution >= 4 is 33.4 Å². The highest BCUT2D eigenvalue weighted by Gasteiger charge is 2.16. The number of rotatable bonds is 2. The largest absolute Gasteiger partial charge is 0.491 e. The van der Waals surface area contributed by atoms with Gasteiger partial charge in [-0.05, 0) is 18.2 Å². The number of H-pyrrole nitrogens is 1. The molecule has 0 radical (unpaired) electrons. The third-order valence-electron chi connectivity index (χ3n) is 3.78. The summed E-state index contributed by atoms with van der Waals surface area (Å²) in [5.41, 5.74) is -0.277. The van der Waals surface area contributed by atoms with Crippen LogP contribution in [0.5, 0.6) is 5.88 Å². The second kappa shape index (κ2) is 5.67. The molecule has 3 aromatic heterocycles. The maximum Gasteiger partial charge on any atom is 0.280 e. The molecule has 0 aliphatic heterocycles. The molecule has 0 amide bonds. The van der Waals surface area contributed by atoms with E-state index in [1.54, 1.807) is 12.1 Å². The number of benzene rings is 1. The van der Waals surface area contributed by atoms with Gasteiger partial charge in [-0.25, -0.2) is 4.68 Å². The first kappa shape index (κ1) is 15.3. The number of halogens is 1. The van der Waals surface area contributed by atoms with E-state index in [2.05, 4.69) is 20.1 Å². The van der Waals surface area contributed by atoms with Gasteiger partial charge in [0.1, 0.15) is 10.9 Å². The fraction of sp³-hybridized carbons (Fsp3) is 0.0625. The van der Waals surface area contributed by atoms with Gasteiger partial charge < -0.3 is 10.1 Å². The highest BCUT2D eigenvalue weighted by molar-refractivity contribution is 6.31. The maximum atomic E-state index is 12.7. The standard InChI is InChI=1S/C16H10ClN5O3/c17-8-1-2-10-11(5-8)20-13-12(14(10)23)16(25)22(21-15(13)24)7-9-6-18-3-4-19-9/h1-6H,7H2,(H,20,23)(H,21,24). The van der Waals surface area contributed by atoms with Crippen LogP contribution < -0.4 is 11.0 Å². The Hall–Kier alpha value is -3.26. The molecule has 0 aliphatic rings. The monoisotopic (exact) mass is 355 g/mol. The van der Waals surface area contributed by atoms with Crippen LogP contribution in [0.3, 0.4) is 0 Å². The summed E-state index contributed by atoms with van der Waals surface area (Å²) in [4.78, 5) is 36.3. The lowest BCUT2D eigenvalue weighted by molar-refractivity contribution is 0.430. The van der Waals surface area contributed by atoms with E-state index in [9.17, 15) is 14.7 Å².